The van der Waals surface area contributed by atoms with Crippen molar-refractivity contribution in [2.24, 2.45) is 0 Å². The third-order valence-electron chi connectivity index (χ3n) is 4.82. The molecule has 25 heavy (non-hydrogen) atoms. The quantitative estimate of drug-likeness (QED) is 0.868. The Labute approximate surface area is 153 Å². The minimum absolute atomic E-state index is 0. The van der Waals surface area contributed by atoms with Crippen LogP contribution >= 0.6 is 12.4 Å². The van der Waals surface area contributed by atoms with Crippen LogP contribution in [0, 0.1) is 0 Å². The van der Waals surface area contributed by atoms with Gasteiger partial charge >= 0.3 is 0 Å². The number of H-pyrrole nitrogens is 1. The fourth-order valence-corrected chi connectivity index (χ4v) is 3.21. The van der Waals surface area contributed by atoms with Gasteiger partial charge in [0, 0.05) is 38.0 Å². The van der Waals surface area contributed by atoms with E-state index in [1.165, 1.54) is 0 Å². The maximum atomic E-state index is 12.4. The molecule has 136 valence electrons. The average Bonchev–Trinajstić information content (AvgIpc) is 2.57. The largest absolute Gasteiger partial charge is 0.337 e. The van der Waals surface area contributed by atoms with Gasteiger partial charge in [0.05, 0.1) is 10.9 Å². The van der Waals surface area contributed by atoms with Crippen molar-refractivity contribution in [2.75, 3.05) is 13.1 Å². The first-order valence-corrected chi connectivity index (χ1v) is 8.57. The Morgan fingerprint density at radius 1 is 1.32 bits per heavy atom. The van der Waals surface area contributed by atoms with Crippen molar-refractivity contribution in [2.45, 2.75) is 45.2 Å². The number of benzene rings is 1. The SMILES string of the molecule is CC1NCCN(C(=O)CCCc2nc3ccccc3c(=O)[nH]2)C1C.Cl. The highest BCUT2D eigenvalue weighted by atomic mass is 35.5. The number of aromatic nitrogens is 2. The summed E-state index contributed by atoms with van der Waals surface area (Å²) in [6, 6.07) is 7.83. The lowest BCUT2D eigenvalue weighted by molar-refractivity contribution is -0.134. The number of nitrogens with zero attached hydrogens (tertiary/aromatic N) is 2. The first-order valence-electron chi connectivity index (χ1n) is 8.57. The Morgan fingerprint density at radius 3 is 2.88 bits per heavy atom. The molecule has 0 saturated carbocycles. The summed E-state index contributed by atoms with van der Waals surface area (Å²) in [5.41, 5.74) is 0.582. The van der Waals surface area contributed by atoms with Gasteiger partial charge in [-0.25, -0.2) is 4.98 Å². The lowest BCUT2D eigenvalue weighted by Crippen LogP contribution is -2.57. The number of nitrogens with one attached hydrogen (secondary N) is 2. The standard InChI is InChI=1S/C18H24N4O2.ClH/c1-12-13(2)22(11-10-19-12)17(23)9-5-8-16-20-15-7-4-3-6-14(15)18(24)21-16;/h3-4,6-7,12-13,19H,5,8-11H2,1-2H3,(H,20,21,24);1H. The van der Waals surface area contributed by atoms with E-state index >= 15 is 0 Å². The minimum Gasteiger partial charge on any atom is -0.337 e. The number of para-hydroxylation sites is 1. The highest BCUT2D eigenvalue weighted by molar-refractivity contribution is 5.85. The third-order valence-corrected chi connectivity index (χ3v) is 4.82. The van der Waals surface area contributed by atoms with Crippen LogP contribution in [-0.2, 0) is 11.2 Å². The van der Waals surface area contributed by atoms with Gasteiger partial charge in [-0.1, -0.05) is 12.1 Å². The van der Waals surface area contributed by atoms with Crippen LogP contribution in [0.2, 0.25) is 0 Å². The summed E-state index contributed by atoms with van der Waals surface area (Å²) in [5, 5.41) is 3.98. The van der Waals surface area contributed by atoms with Crippen molar-refractivity contribution in [3.8, 4) is 0 Å². The minimum atomic E-state index is -0.119. The fraction of sp³-hybridized carbons (Fsp3) is 0.500. The Balaban J connectivity index is 0.00000225. The Kier molecular flexibility index (Phi) is 6.56. The number of rotatable bonds is 4. The van der Waals surface area contributed by atoms with Crippen molar-refractivity contribution in [3.05, 3.63) is 40.4 Å². The Hall–Kier alpha value is -1.92. The van der Waals surface area contributed by atoms with Crippen LogP contribution in [0.5, 0.6) is 0 Å². The topological polar surface area (TPSA) is 78.1 Å². The summed E-state index contributed by atoms with van der Waals surface area (Å²) in [4.78, 5) is 33.7. The van der Waals surface area contributed by atoms with Crippen LogP contribution in [0.15, 0.2) is 29.1 Å². The third kappa shape index (κ3) is 4.38. The van der Waals surface area contributed by atoms with Gasteiger partial charge in [-0.3, -0.25) is 9.59 Å². The number of hydrogen-bond acceptors (Lipinski definition) is 4. The number of amides is 1. The summed E-state index contributed by atoms with van der Waals surface area (Å²) in [6.07, 6.45) is 1.76. The summed E-state index contributed by atoms with van der Waals surface area (Å²) in [7, 11) is 0. The van der Waals surface area contributed by atoms with E-state index in [9.17, 15) is 9.59 Å². The molecule has 2 N–H and O–H groups in total. The monoisotopic (exact) mass is 364 g/mol. The molecule has 7 heteroatoms. The second kappa shape index (κ2) is 8.45. The van der Waals surface area contributed by atoms with Gasteiger partial charge in [-0.2, -0.15) is 0 Å². The number of fused-ring (bicyclic) bond motifs is 1. The van der Waals surface area contributed by atoms with Crippen LogP contribution < -0.4 is 10.9 Å². The summed E-state index contributed by atoms with van der Waals surface area (Å²) < 4.78 is 0. The normalized spacial score (nSPS) is 20.3. The predicted octanol–water partition coefficient (Wildman–Crippen LogP) is 1.88. The van der Waals surface area contributed by atoms with Gasteiger partial charge in [0.15, 0.2) is 0 Å². The van der Waals surface area contributed by atoms with E-state index in [1.54, 1.807) is 6.07 Å². The van der Waals surface area contributed by atoms with E-state index in [0.29, 0.717) is 42.0 Å². The molecule has 6 nitrogen and oxygen atoms in total. The number of halogens is 1. The number of hydrogen-bond donors (Lipinski definition) is 2. The van der Waals surface area contributed by atoms with Gasteiger partial charge in [-0.05, 0) is 32.4 Å². The summed E-state index contributed by atoms with van der Waals surface area (Å²) in [5.74, 6) is 0.826. The zero-order valence-corrected chi connectivity index (χ0v) is 15.4. The number of carbonyl (C=O) groups is 1. The molecule has 2 heterocycles. The molecule has 2 unspecified atom stereocenters. The zero-order valence-electron chi connectivity index (χ0n) is 14.6. The molecule has 1 aromatic heterocycles. The van der Waals surface area contributed by atoms with Crippen LogP contribution in [0.3, 0.4) is 0 Å². The lowest BCUT2D eigenvalue weighted by Gasteiger charge is -2.38. The molecular weight excluding hydrogens is 340 g/mol. The molecule has 2 aromatic rings. The molecule has 0 radical (unpaired) electrons. The molecule has 1 amide bonds. The number of carbonyl (C=O) groups excluding carboxylic acids is 1. The van der Waals surface area contributed by atoms with E-state index < -0.39 is 0 Å². The Morgan fingerprint density at radius 2 is 2.08 bits per heavy atom. The molecule has 1 saturated heterocycles. The highest BCUT2D eigenvalue weighted by Gasteiger charge is 2.27. The smallest absolute Gasteiger partial charge is 0.258 e. The second-order valence-electron chi connectivity index (χ2n) is 6.45. The van der Waals surface area contributed by atoms with Crippen LogP contribution in [0.25, 0.3) is 10.9 Å². The van der Waals surface area contributed by atoms with Crippen molar-refractivity contribution >= 4 is 29.2 Å². The Bertz CT molecular complexity index is 792. The van der Waals surface area contributed by atoms with Crippen LogP contribution in [0.4, 0.5) is 0 Å². The van der Waals surface area contributed by atoms with Crippen molar-refractivity contribution in [1.82, 2.24) is 20.2 Å². The first kappa shape index (κ1) is 19.4. The van der Waals surface area contributed by atoms with Crippen molar-refractivity contribution < 1.29 is 4.79 Å². The van der Waals surface area contributed by atoms with Crippen molar-refractivity contribution in [1.29, 1.82) is 0 Å². The average molecular weight is 365 g/mol. The zero-order chi connectivity index (χ0) is 17.1. The second-order valence-corrected chi connectivity index (χ2v) is 6.45. The van der Waals surface area contributed by atoms with Crippen LogP contribution in [-0.4, -0.2) is 45.9 Å². The molecule has 1 fully saturated rings. The summed E-state index contributed by atoms with van der Waals surface area (Å²) >= 11 is 0. The van der Waals surface area contributed by atoms with E-state index in [-0.39, 0.29) is 29.9 Å². The molecular formula is C18H25ClN4O2. The van der Waals surface area contributed by atoms with Gasteiger partial charge < -0.3 is 15.2 Å². The highest BCUT2D eigenvalue weighted by Crippen LogP contribution is 2.12. The number of aromatic amines is 1. The first-order chi connectivity index (χ1) is 11.6. The van der Waals surface area contributed by atoms with Gasteiger partial charge in [-0.15, -0.1) is 12.4 Å². The number of aryl methyl sites for hydroxylation is 1. The van der Waals surface area contributed by atoms with Gasteiger partial charge in [0.2, 0.25) is 5.91 Å². The molecule has 0 aliphatic carbocycles. The van der Waals surface area contributed by atoms with Crippen molar-refractivity contribution in [3.63, 3.8) is 0 Å². The predicted molar refractivity (Wildman–Crippen MR) is 101 cm³/mol. The van der Waals surface area contributed by atoms with Gasteiger partial charge in [0.25, 0.3) is 5.56 Å². The molecule has 0 bridgehead atoms. The maximum Gasteiger partial charge on any atom is 0.258 e. The molecule has 0 spiro atoms. The number of piperazine rings is 1. The lowest BCUT2D eigenvalue weighted by atomic mass is 10.1. The molecule has 3 rings (SSSR count). The fourth-order valence-electron chi connectivity index (χ4n) is 3.21. The van der Waals surface area contributed by atoms with E-state index in [2.05, 4.69) is 29.1 Å². The van der Waals surface area contributed by atoms with Gasteiger partial charge in [0.1, 0.15) is 5.82 Å². The van der Waals surface area contributed by atoms with E-state index in [1.807, 2.05) is 23.1 Å². The molecule has 2 atom stereocenters. The van der Waals surface area contributed by atoms with E-state index in [4.69, 9.17) is 0 Å². The molecule has 1 aliphatic heterocycles. The summed E-state index contributed by atoms with van der Waals surface area (Å²) in [6.45, 7) is 5.79. The molecule has 1 aliphatic rings. The van der Waals surface area contributed by atoms with E-state index in [0.717, 1.165) is 13.1 Å². The maximum absolute atomic E-state index is 12.4. The van der Waals surface area contributed by atoms with Crippen LogP contribution in [0.1, 0.15) is 32.5 Å². The molecule has 1 aromatic carbocycles.